The highest BCUT2D eigenvalue weighted by molar-refractivity contribution is 7.80. The number of ether oxygens (including phenoxy) is 2. The number of carbonyl (C=O) groups is 1. The molecule has 0 saturated carbocycles. The van der Waals surface area contributed by atoms with Crippen LogP contribution in [-0.2, 0) is 0 Å². The van der Waals surface area contributed by atoms with Crippen LogP contribution in [0.3, 0.4) is 0 Å². The number of hydrogen-bond donors (Lipinski definition) is 3. The van der Waals surface area contributed by atoms with Crippen LogP contribution < -0.4 is 20.1 Å². The molecule has 3 unspecified atom stereocenters. The molecule has 11 heteroatoms. The topological polar surface area (TPSA) is 79.8 Å². The summed E-state index contributed by atoms with van der Waals surface area (Å²) in [6.45, 7) is 4.59. The van der Waals surface area contributed by atoms with Gasteiger partial charge in [0.1, 0.15) is 17.4 Å². The molecule has 3 rings (SSSR count). The fourth-order valence-electron chi connectivity index (χ4n) is 3.59. The molecule has 1 aromatic carbocycles. The number of ketones is 1. The van der Waals surface area contributed by atoms with Gasteiger partial charge < -0.3 is 25.2 Å². The molecule has 3 N–H and O–H groups in total. The van der Waals surface area contributed by atoms with Gasteiger partial charge in [0, 0.05) is 11.6 Å². The third kappa shape index (κ3) is 5.25. The third-order valence-electron chi connectivity index (χ3n) is 5.11. The lowest BCUT2D eigenvalue weighted by molar-refractivity contribution is -0.285. The second kappa shape index (κ2) is 10.3. The fourth-order valence-corrected chi connectivity index (χ4v) is 4.58. The Hall–Kier alpha value is -2.37. The molecule has 0 amide bonds. The van der Waals surface area contributed by atoms with E-state index in [1.54, 1.807) is 23.6 Å². The zero-order valence-electron chi connectivity index (χ0n) is 18.1. The Labute approximate surface area is 199 Å². The van der Waals surface area contributed by atoms with Crippen LogP contribution in [-0.4, -0.2) is 41.1 Å². The summed E-state index contributed by atoms with van der Waals surface area (Å²) in [6, 6.07) is 6.37. The van der Waals surface area contributed by atoms with Crippen LogP contribution in [0.15, 0.2) is 35.7 Å². The molecular weight excluding hydrogens is 477 g/mol. The first-order chi connectivity index (χ1) is 15.6. The smallest absolute Gasteiger partial charge is 0.437 e. The van der Waals surface area contributed by atoms with Gasteiger partial charge in [0.25, 0.3) is 0 Å². The highest BCUT2D eigenvalue weighted by atomic mass is 32.1. The minimum absolute atomic E-state index is 0.0861. The van der Waals surface area contributed by atoms with Crippen molar-refractivity contribution in [2.24, 2.45) is 5.92 Å². The quantitative estimate of drug-likeness (QED) is 0.342. The van der Waals surface area contributed by atoms with E-state index in [2.05, 4.69) is 5.32 Å². The van der Waals surface area contributed by atoms with Crippen molar-refractivity contribution in [2.45, 2.75) is 44.6 Å². The van der Waals surface area contributed by atoms with Crippen molar-refractivity contribution in [3.8, 4) is 11.5 Å². The summed E-state index contributed by atoms with van der Waals surface area (Å²) in [5, 5.41) is 16.6. The van der Waals surface area contributed by atoms with E-state index < -0.39 is 34.8 Å². The van der Waals surface area contributed by atoms with E-state index in [1.807, 2.05) is 19.2 Å². The molecule has 0 bridgehead atoms. The average molecular weight is 503 g/mol. The number of thiocarbonyl (C=S) groups is 1. The molecule has 1 aliphatic rings. The van der Waals surface area contributed by atoms with E-state index >= 15 is 0 Å². The number of carbonyl (C=O) groups excluding carboxylic acids is 1. The zero-order chi connectivity index (χ0) is 24.2. The molecule has 1 saturated heterocycles. The van der Waals surface area contributed by atoms with Gasteiger partial charge in [0.05, 0.1) is 24.1 Å². The summed E-state index contributed by atoms with van der Waals surface area (Å²) < 4.78 is 53.9. The number of aliphatic hydroxyl groups is 1. The lowest BCUT2D eigenvalue weighted by Crippen LogP contribution is -2.72. The first kappa shape index (κ1) is 25.3. The standard InChI is InChI=1S/C22H25F3N2O4S2/c1-3-9-30-13-7-8-14(15(12-13)31-10-4-2)18-17(19(28)16-6-5-11-33-16)21(29,22(23,24)25)27-20(32)26-18/h5-8,11-12,17-18,29H,3-4,9-10H2,1-2H3,(H2,26,27,32). The van der Waals surface area contributed by atoms with Crippen molar-refractivity contribution < 1.29 is 32.5 Å². The summed E-state index contributed by atoms with van der Waals surface area (Å²) in [7, 11) is 0. The lowest BCUT2D eigenvalue weighted by Gasteiger charge is -2.46. The maximum Gasteiger partial charge on any atom is 0.437 e. The predicted molar refractivity (Wildman–Crippen MR) is 123 cm³/mol. The van der Waals surface area contributed by atoms with Crippen molar-refractivity contribution >= 4 is 34.5 Å². The molecule has 0 radical (unpaired) electrons. The fraction of sp³-hybridized carbons (Fsp3) is 0.455. The van der Waals surface area contributed by atoms with E-state index in [0.717, 1.165) is 17.8 Å². The number of halogens is 3. The molecule has 1 fully saturated rings. The molecule has 1 aliphatic heterocycles. The van der Waals surface area contributed by atoms with Crippen LogP contribution in [0.1, 0.15) is 48.0 Å². The Morgan fingerprint density at radius 3 is 2.52 bits per heavy atom. The maximum atomic E-state index is 14.1. The number of thiophene rings is 1. The third-order valence-corrected chi connectivity index (χ3v) is 6.21. The van der Waals surface area contributed by atoms with Gasteiger partial charge in [-0.05, 0) is 48.6 Å². The van der Waals surface area contributed by atoms with Crippen LogP contribution >= 0.6 is 23.6 Å². The summed E-state index contributed by atoms with van der Waals surface area (Å²) in [5.74, 6) is -2.11. The van der Waals surface area contributed by atoms with E-state index in [-0.39, 0.29) is 16.2 Å². The summed E-state index contributed by atoms with van der Waals surface area (Å²) in [6.07, 6.45) is -3.77. The molecule has 33 heavy (non-hydrogen) atoms. The Balaban J connectivity index is 2.14. The number of Topliss-reactive ketones (excluding diaryl/α,β-unsaturated/α-hetero) is 1. The van der Waals surface area contributed by atoms with Crippen LogP contribution in [0.5, 0.6) is 11.5 Å². The second-order valence-electron chi connectivity index (χ2n) is 7.56. The largest absolute Gasteiger partial charge is 0.493 e. The van der Waals surface area contributed by atoms with E-state index in [9.17, 15) is 23.1 Å². The first-order valence-electron chi connectivity index (χ1n) is 10.5. The van der Waals surface area contributed by atoms with E-state index in [0.29, 0.717) is 25.4 Å². The Morgan fingerprint density at radius 1 is 1.21 bits per heavy atom. The van der Waals surface area contributed by atoms with Gasteiger partial charge in [-0.25, -0.2) is 0 Å². The minimum atomic E-state index is -5.19. The van der Waals surface area contributed by atoms with Gasteiger partial charge >= 0.3 is 6.18 Å². The van der Waals surface area contributed by atoms with Gasteiger partial charge in [0.15, 0.2) is 10.9 Å². The number of nitrogens with one attached hydrogen (secondary N) is 2. The van der Waals surface area contributed by atoms with Crippen molar-refractivity contribution in [1.29, 1.82) is 0 Å². The Kier molecular flexibility index (Phi) is 7.86. The van der Waals surface area contributed by atoms with Crippen molar-refractivity contribution in [3.05, 3.63) is 46.2 Å². The van der Waals surface area contributed by atoms with Gasteiger partial charge in [-0.1, -0.05) is 19.9 Å². The van der Waals surface area contributed by atoms with Gasteiger partial charge in [-0.15, -0.1) is 11.3 Å². The highest BCUT2D eigenvalue weighted by Gasteiger charge is 2.66. The average Bonchev–Trinajstić information content (AvgIpc) is 3.29. The van der Waals surface area contributed by atoms with Crippen LogP contribution in [0.25, 0.3) is 0 Å². The van der Waals surface area contributed by atoms with Crippen LogP contribution in [0.2, 0.25) is 0 Å². The van der Waals surface area contributed by atoms with E-state index in [4.69, 9.17) is 21.7 Å². The predicted octanol–water partition coefficient (Wildman–Crippen LogP) is 4.59. The van der Waals surface area contributed by atoms with Crippen molar-refractivity contribution in [3.63, 3.8) is 0 Å². The second-order valence-corrected chi connectivity index (χ2v) is 8.91. The van der Waals surface area contributed by atoms with Gasteiger partial charge in [-0.2, -0.15) is 13.2 Å². The van der Waals surface area contributed by atoms with Gasteiger partial charge in [-0.3, -0.25) is 4.79 Å². The Bertz CT molecular complexity index is 985. The monoisotopic (exact) mass is 502 g/mol. The Morgan fingerprint density at radius 2 is 1.91 bits per heavy atom. The van der Waals surface area contributed by atoms with Crippen molar-refractivity contribution in [2.75, 3.05) is 13.2 Å². The first-order valence-corrected chi connectivity index (χ1v) is 11.8. The van der Waals surface area contributed by atoms with Crippen LogP contribution in [0.4, 0.5) is 13.2 Å². The molecule has 3 atom stereocenters. The number of benzene rings is 1. The summed E-state index contributed by atoms with van der Waals surface area (Å²) >= 11 is 5.99. The highest BCUT2D eigenvalue weighted by Crippen LogP contribution is 2.46. The van der Waals surface area contributed by atoms with E-state index in [1.165, 1.54) is 12.1 Å². The zero-order valence-corrected chi connectivity index (χ0v) is 19.7. The lowest BCUT2D eigenvalue weighted by atomic mass is 9.78. The molecule has 1 aromatic heterocycles. The molecular formula is C22H25F3N2O4S2. The molecule has 2 heterocycles. The SMILES string of the molecule is CCCOc1ccc(C2NC(=S)NC(O)(C(F)(F)F)C2C(=O)c2cccs2)c(OCCC)c1. The molecule has 0 aliphatic carbocycles. The maximum absolute atomic E-state index is 14.1. The van der Waals surface area contributed by atoms with Crippen LogP contribution in [0, 0.1) is 5.92 Å². The minimum Gasteiger partial charge on any atom is -0.493 e. The molecule has 0 spiro atoms. The van der Waals surface area contributed by atoms with Gasteiger partial charge in [0.2, 0.25) is 5.72 Å². The molecule has 2 aromatic rings. The normalized spacial score (nSPS) is 22.9. The summed E-state index contributed by atoms with van der Waals surface area (Å²) in [4.78, 5) is 13.4. The molecule has 6 nitrogen and oxygen atoms in total. The van der Waals surface area contributed by atoms with Crippen molar-refractivity contribution in [1.82, 2.24) is 10.6 Å². The summed E-state index contributed by atoms with van der Waals surface area (Å²) in [5.41, 5.74) is -3.32. The number of alkyl halides is 3. The molecule has 180 valence electrons. The number of rotatable bonds is 9. The number of hydrogen-bond acceptors (Lipinski definition) is 6.